The summed E-state index contributed by atoms with van der Waals surface area (Å²) in [5.41, 5.74) is 0.849. The molecule has 0 spiro atoms. The predicted molar refractivity (Wildman–Crippen MR) is 62.4 cm³/mol. The second-order valence-corrected chi connectivity index (χ2v) is 5.88. The molecule has 2 nitrogen and oxygen atoms in total. The average Bonchev–Trinajstić information content (AvgIpc) is 2.69. The quantitative estimate of drug-likeness (QED) is 0.850. The highest BCUT2D eigenvalue weighted by molar-refractivity contribution is 9.10. The molecule has 0 saturated heterocycles. The number of halogens is 3. The first-order valence-corrected chi connectivity index (χ1v) is 5.85. The molecule has 15 heavy (non-hydrogen) atoms. The summed E-state index contributed by atoms with van der Waals surface area (Å²) in [5, 5.41) is 8.91. The number of carboxylic acid groups (broad SMARTS) is 1. The zero-order valence-corrected chi connectivity index (χ0v) is 10.6. The number of aliphatic carboxylic acids is 1. The van der Waals surface area contributed by atoms with Crippen LogP contribution >= 0.6 is 39.1 Å². The first-order chi connectivity index (χ1) is 6.94. The Kier molecular flexibility index (Phi) is 2.73. The minimum Gasteiger partial charge on any atom is -0.481 e. The van der Waals surface area contributed by atoms with E-state index in [4.69, 9.17) is 28.3 Å². The standard InChI is InChI=1S/C10H7BrCl2O2/c11-6-3-1-2-5(4-6)7-8(9(14)15)10(7,12)13/h1-4,7-8H,(H,14,15)/t7-,8+/m0/s1. The van der Waals surface area contributed by atoms with Gasteiger partial charge in [-0.1, -0.05) is 51.3 Å². The van der Waals surface area contributed by atoms with Crippen LogP contribution in [0, 0.1) is 5.92 Å². The Bertz CT molecular complexity index is 420. The maximum atomic E-state index is 10.9. The van der Waals surface area contributed by atoms with Crippen molar-refractivity contribution < 1.29 is 9.90 Å². The van der Waals surface area contributed by atoms with E-state index < -0.39 is 16.2 Å². The van der Waals surface area contributed by atoms with Crippen molar-refractivity contribution in [2.75, 3.05) is 0 Å². The van der Waals surface area contributed by atoms with E-state index in [1.54, 1.807) is 0 Å². The highest BCUT2D eigenvalue weighted by atomic mass is 79.9. The van der Waals surface area contributed by atoms with Crippen LogP contribution in [0.5, 0.6) is 0 Å². The minimum atomic E-state index is -1.17. The maximum Gasteiger partial charge on any atom is 0.310 e. The Hall–Kier alpha value is -0.250. The second kappa shape index (κ2) is 3.65. The van der Waals surface area contributed by atoms with Gasteiger partial charge in [0.1, 0.15) is 4.33 Å². The van der Waals surface area contributed by atoms with E-state index in [1.807, 2.05) is 24.3 Å². The van der Waals surface area contributed by atoms with Gasteiger partial charge < -0.3 is 5.11 Å². The van der Waals surface area contributed by atoms with E-state index in [0.717, 1.165) is 10.0 Å². The van der Waals surface area contributed by atoms with E-state index in [0.29, 0.717) is 0 Å². The molecule has 80 valence electrons. The van der Waals surface area contributed by atoms with Crippen molar-refractivity contribution in [3.05, 3.63) is 34.3 Å². The fourth-order valence-corrected chi connectivity index (χ4v) is 2.98. The second-order valence-electron chi connectivity index (χ2n) is 3.52. The molecule has 0 bridgehead atoms. The van der Waals surface area contributed by atoms with Crippen molar-refractivity contribution in [2.24, 2.45) is 5.92 Å². The van der Waals surface area contributed by atoms with Gasteiger partial charge in [-0.25, -0.2) is 0 Å². The van der Waals surface area contributed by atoms with Gasteiger partial charge in [-0.2, -0.15) is 0 Å². The Balaban J connectivity index is 2.31. The average molecular weight is 310 g/mol. The summed E-state index contributed by atoms with van der Waals surface area (Å²) in [6.45, 7) is 0. The lowest BCUT2D eigenvalue weighted by Gasteiger charge is -2.00. The van der Waals surface area contributed by atoms with E-state index in [-0.39, 0.29) is 5.92 Å². The van der Waals surface area contributed by atoms with Gasteiger partial charge in [0.05, 0.1) is 5.92 Å². The molecule has 1 aromatic carbocycles. The third-order valence-corrected chi connectivity index (χ3v) is 3.96. The third-order valence-electron chi connectivity index (χ3n) is 2.53. The molecule has 0 unspecified atom stereocenters. The fraction of sp³-hybridized carbons (Fsp3) is 0.300. The van der Waals surface area contributed by atoms with Crippen LogP contribution in [0.4, 0.5) is 0 Å². The third kappa shape index (κ3) is 1.88. The largest absolute Gasteiger partial charge is 0.481 e. The Labute approximate surface area is 105 Å². The van der Waals surface area contributed by atoms with Crippen molar-refractivity contribution in [1.82, 2.24) is 0 Å². The normalized spacial score (nSPS) is 27.4. The summed E-state index contributed by atoms with van der Waals surface area (Å²) in [7, 11) is 0. The van der Waals surface area contributed by atoms with Crippen LogP contribution in [0.15, 0.2) is 28.7 Å². The Morgan fingerprint density at radius 3 is 2.60 bits per heavy atom. The molecular formula is C10H7BrCl2O2. The van der Waals surface area contributed by atoms with Crippen LogP contribution in [0.25, 0.3) is 0 Å². The summed E-state index contributed by atoms with van der Waals surface area (Å²) >= 11 is 15.2. The van der Waals surface area contributed by atoms with Crippen molar-refractivity contribution in [3.63, 3.8) is 0 Å². The van der Waals surface area contributed by atoms with E-state index >= 15 is 0 Å². The topological polar surface area (TPSA) is 37.3 Å². The maximum absolute atomic E-state index is 10.9. The molecular weight excluding hydrogens is 303 g/mol. The first kappa shape index (κ1) is 11.2. The molecule has 1 N–H and O–H groups in total. The molecule has 2 atom stereocenters. The van der Waals surface area contributed by atoms with Crippen molar-refractivity contribution in [2.45, 2.75) is 10.3 Å². The van der Waals surface area contributed by atoms with Gasteiger partial charge in [0, 0.05) is 10.4 Å². The lowest BCUT2D eigenvalue weighted by Crippen LogP contribution is -2.03. The van der Waals surface area contributed by atoms with Crippen LogP contribution in [-0.4, -0.2) is 15.4 Å². The summed E-state index contributed by atoms with van der Waals surface area (Å²) in [4.78, 5) is 10.9. The van der Waals surface area contributed by atoms with Crippen molar-refractivity contribution in [3.8, 4) is 0 Å². The first-order valence-electron chi connectivity index (χ1n) is 4.30. The van der Waals surface area contributed by atoms with Gasteiger partial charge in [0.15, 0.2) is 0 Å². The molecule has 5 heteroatoms. The SMILES string of the molecule is O=C(O)[C@H]1[C@H](c2cccc(Br)c2)C1(Cl)Cl. The van der Waals surface area contributed by atoms with Crippen LogP contribution in [0.2, 0.25) is 0 Å². The van der Waals surface area contributed by atoms with E-state index in [2.05, 4.69) is 15.9 Å². The van der Waals surface area contributed by atoms with Gasteiger partial charge in [0.25, 0.3) is 0 Å². The van der Waals surface area contributed by atoms with Crippen LogP contribution in [0.3, 0.4) is 0 Å². The van der Waals surface area contributed by atoms with E-state index in [9.17, 15) is 4.79 Å². The van der Waals surface area contributed by atoms with Gasteiger partial charge in [-0.3, -0.25) is 4.79 Å². The van der Waals surface area contributed by atoms with Crippen molar-refractivity contribution in [1.29, 1.82) is 0 Å². The lowest BCUT2D eigenvalue weighted by molar-refractivity contribution is -0.138. The number of alkyl halides is 2. The molecule has 0 radical (unpaired) electrons. The molecule has 1 fully saturated rings. The lowest BCUT2D eigenvalue weighted by atomic mass is 10.1. The number of rotatable bonds is 2. The molecule has 2 rings (SSSR count). The zero-order valence-electron chi connectivity index (χ0n) is 7.45. The fourth-order valence-electron chi connectivity index (χ4n) is 1.75. The Morgan fingerprint density at radius 1 is 1.47 bits per heavy atom. The zero-order chi connectivity index (χ0) is 11.2. The van der Waals surface area contributed by atoms with Crippen LogP contribution in [0.1, 0.15) is 11.5 Å². The van der Waals surface area contributed by atoms with Crippen LogP contribution in [-0.2, 0) is 4.79 Å². The number of carboxylic acids is 1. The van der Waals surface area contributed by atoms with E-state index in [1.165, 1.54) is 0 Å². The molecule has 0 amide bonds. The molecule has 1 aromatic rings. The summed E-state index contributed by atoms with van der Waals surface area (Å²) in [6.07, 6.45) is 0. The smallest absolute Gasteiger partial charge is 0.310 e. The summed E-state index contributed by atoms with van der Waals surface area (Å²) in [5.74, 6) is -1.99. The van der Waals surface area contributed by atoms with Gasteiger partial charge in [-0.05, 0) is 17.7 Å². The molecule has 0 aliphatic heterocycles. The van der Waals surface area contributed by atoms with Crippen molar-refractivity contribution >= 4 is 45.1 Å². The number of hydrogen-bond acceptors (Lipinski definition) is 1. The molecule has 0 heterocycles. The Morgan fingerprint density at radius 2 is 2.13 bits per heavy atom. The highest BCUT2D eigenvalue weighted by Gasteiger charge is 2.68. The number of carbonyl (C=O) groups is 1. The monoisotopic (exact) mass is 308 g/mol. The highest BCUT2D eigenvalue weighted by Crippen LogP contribution is 2.65. The summed E-state index contributed by atoms with van der Waals surface area (Å²) in [6, 6.07) is 7.37. The molecule has 1 saturated carbocycles. The van der Waals surface area contributed by atoms with Crippen LogP contribution < -0.4 is 0 Å². The molecule has 0 aromatic heterocycles. The molecule has 1 aliphatic rings. The molecule has 1 aliphatic carbocycles. The number of hydrogen-bond donors (Lipinski definition) is 1. The minimum absolute atomic E-state index is 0.323. The van der Waals surface area contributed by atoms with Gasteiger partial charge in [0.2, 0.25) is 0 Å². The summed E-state index contributed by atoms with van der Waals surface area (Å²) < 4.78 is -0.285. The van der Waals surface area contributed by atoms with Gasteiger partial charge >= 0.3 is 5.97 Å². The predicted octanol–water partition coefficient (Wildman–Crippen LogP) is 3.42. The van der Waals surface area contributed by atoms with Gasteiger partial charge in [-0.15, -0.1) is 0 Å². The number of benzene rings is 1.